The molecule has 0 aliphatic carbocycles. The molecule has 0 saturated carbocycles. The Morgan fingerprint density at radius 3 is 2.67 bits per heavy atom. The number of aromatic nitrogens is 3. The Balaban J connectivity index is 1.79. The Labute approximate surface area is 137 Å². The fourth-order valence-corrected chi connectivity index (χ4v) is 2.00. The van der Waals surface area contributed by atoms with Crippen LogP contribution in [0.5, 0.6) is 17.5 Å². The van der Waals surface area contributed by atoms with Crippen LogP contribution in [0.2, 0.25) is 0 Å². The predicted octanol–water partition coefficient (Wildman–Crippen LogP) is 2.59. The summed E-state index contributed by atoms with van der Waals surface area (Å²) in [7, 11) is 1.51. The number of ether oxygens (including phenoxy) is 2. The molecule has 8 heteroatoms. The van der Waals surface area contributed by atoms with Gasteiger partial charge in [-0.3, -0.25) is 5.32 Å². The number of aromatic hydroxyl groups is 1. The number of rotatable bonds is 4. The zero-order valence-corrected chi connectivity index (χ0v) is 12.7. The minimum absolute atomic E-state index is 0.236. The van der Waals surface area contributed by atoms with Crippen molar-refractivity contribution >= 4 is 11.9 Å². The van der Waals surface area contributed by atoms with Gasteiger partial charge in [-0.25, -0.2) is 14.5 Å². The van der Waals surface area contributed by atoms with Crippen LogP contribution in [0.4, 0.5) is 10.6 Å². The summed E-state index contributed by atoms with van der Waals surface area (Å²) in [5.41, 5.74) is 0.533. The number of carbonyl (C=O) groups excluding carboxylic acids is 1. The zero-order chi connectivity index (χ0) is 16.9. The van der Waals surface area contributed by atoms with E-state index in [-0.39, 0.29) is 11.7 Å². The van der Waals surface area contributed by atoms with Crippen molar-refractivity contribution in [3.8, 4) is 23.2 Å². The van der Waals surface area contributed by atoms with Gasteiger partial charge >= 0.3 is 6.09 Å². The predicted molar refractivity (Wildman–Crippen MR) is 85.7 cm³/mol. The van der Waals surface area contributed by atoms with Crippen LogP contribution < -0.4 is 14.8 Å². The van der Waals surface area contributed by atoms with Crippen molar-refractivity contribution in [2.75, 3.05) is 12.4 Å². The third kappa shape index (κ3) is 3.43. The summed E-state index contributed by atoms with van der Waals surface area (Å²) in [6.07, 6.45) is 0.794. The minimum Gasteiger partial charge on any atom is -0.492 e. The number of nitrogens with zero attached hydrogens (tertiary/aromatic N) is 3. The van der Waals surface area contributed by atoms with E-state index < -0.39 is 6.09 Å². The molecule has 2 heterocycles. The van der Waals surface area contributed by atoms with Gasteiger partial charge in [-0.1, -0.05) is 18.2 Å². The Morgan fingerprint density at radius 1 is 1.21 bits per heavy atom. The van der Waals surface area contributed by atoms with Crippen LogP contribution >= 0.6 is 0 Å². The van der Waals surface area contributed by atoms with Crippen LogP contribution in [0.15, 0.2) is 54.7 Å². The molecular weight excluding hydrogens is 312 g/mol. The highest BCUT2D eigenvalue weighted by atomic mass is 16.6. The molecular formula is C16H14N4O4. The molecule has 0 aliphatic rings. The fourth-order valence-electron chi connectivity index (χ4n) is 2.00. The summed E-state index contributed by atoms with van der Waals surface area (Å²) in [5.74, 6) is 0.825. The zero-order valence-electron chi connectivity index (χ0n) is 12.7. The molecule has 24 heavy (non-hydrogen) atoms. The summed E-state index contributed by atoms with van der Waals surface area (Å²) in [6.45, 7) is 0. The average Bonchev–Trinajstić information content (AvgIpc) is 2.96. The van der Waals surface area contributed by atoms with E-state index in [1.165, 1.54) is 24.1 Å². The normalized spacial score (nSPS) is 10.2. The largest absolute Gasteiger partial charge is 0.492 e. The molecule has 0 saturated heterocycles. The van der Waals surface area contributed by atoms with Gasteiger partial charge < -0.3 is 14.6 Å². The van der Waals surface area contributed by atoms with E-state index in [1.807, 2.05) is 6.07 Å². The highest BCUT2D eigenvalue weighted by Gasteiger charge is 2.14. The van der Waals surface area contributed by atoms with Gasteiger partial charge in [0.25, 0.3) is 0 Å². The number of methoxy groups -OCH3 is 1. The van der Waals surface area contributed by atoms with E-state index in [0.29, 0.717) is 17.3 Å². The molecule has 122 valence electrons. The molecule has 0 aliphatic heterocycles. The third-order valence-corrected chi connectivity index (χ3v) is 3.05. The quantitative estimate of drug-likeness (QED) is 0.764. The lowest BCUT2D eigenvalue weighted by atomic mass is 10.3. The second-order valence-corrected chi connectivity index (χ2v) is 4.69. The smallest absolute Gasteiger partial charge is 0.418 e. The van der Waals surface area contributed by atoms with E-state index in [1.54, 1.807) is 36.4 Å². The molecule has 0 bridgehead atoms. The molecule has 2 aromatic heterocycles. The molecule has 2 N–H and O–H groups in total. The van der Waals surface area contributed by atoms with Gasteiger partial charge in [-0.15, -0.1) is 5.10 Å². The van der Waals surface area contributed by atoms with Gasteiger partial charge in [-0.2, -0.15) is 0 Å². The number of amides is 1. The second kappa shape index (κ2) is 6.69. The summed E-state index contributed by atoms with van der Waals surface area (Å²) >= 11 is 0. The Kier molecular flexibility index (Phi) is 4.28. The highest BCUT2D eigenvalue weighted by molar-refractivity contribution is 5.85. The Hall–Kier alpha value is -3.55. The molecule has 1 aromatic carbocycles. The van der Waals surface area contributed by atoms with Crippen LogP contribution in [0.25, 0.3) is 5.69 Å². The average molecular weight is 326 g/mol. The fraction of sp³-hybridized carbons (Fsp3) is 0.0625. The van der Waals surface area contributed by atoms with Crippen LogP contribution in [0.3, 0.4) is 0 Å². The SMILES string of the molecule is COc1ccc(-n2nc(O)cc2NC(=O)Oc2ccccc2)cn1. The number of benzene rings is 1. The number of para-hydroxylation sites is 1. The number of nitrogens with one attached hydrogen (secondary N) is 1. The van der Waals surface area contributed by atoms with Gasteiger partial charge in [0.1, 0.15) is 11.6 Å². The maximum Gasteiger partial charge on any atom is 0.418 e. The van der Waals surface area contributed by atoms with Crippen LogP contribution in [-0.4, -0.2) is 33.1 Å². The standard InChI is InChI=1S/C16H14N4O4/c1-23-15-8-7-11(10-17-15)20-13(9-14(21)19-20)18-16(22)24-12-5-3-2-4-6-12/h2-10H,1H3,(H,18,22)(H,19,21). The summed E-state index contributed by atoms with van der Waals surface area (Å²) in [5, 5.41) is 16.1. The van der Waals surface area contributed by atoms with Crippen molar-refractivity contribution in [2.24, 2.45) is 0 Å². The maximum atomic E-state index is 12.0. The number of anilines is 1. The first-order chi connectivity index (χ1) is 11.7. The number of hydrogen-bond donors (Lipinski definition) is 2. The number of hydrogen-bond acceptors (Lipinski definition) is 6. The third-order valence-electron chi connectivity index (χ3n) is 3.05. The maximum absolute atomic E-state index is 12.0. The van der Waals surface area contributed by atoms with Gasteiger partial charge in [0, 0.05) is 12.1 Å². The van der Waals surface area contributed by atoms with Gasteiger partial charge in [0.15, 0.2) is 0 Å². The van der Waals surface area contributed by atoms with Crippen molar-refractivity contribution < 1.29 is 19.4 Å². The first-order valence-corrected chi connectivity index (χ1v) is 6.99. The van der Waals surface area contributed by atoms with E-state index in [9.17, 15) is 9.90 Å². The minimum atomic E-state index is -0.705. The summed E-state index contributed by atoms with van der Waals surface area (Å²) < 4.78 is 11.5. The molecule has 3 rings (SSSR count). The Bertz CT molecular complexity index is 831. The van der Waals surface area contributed by atoms with Crippen molar-refractivity contribution in [3.05, 3.63) is 54.7 Å². The Morgan fingerprint density at radius 2 is 2.00 bits per heavy atom. The molecule has 0 spiro atoms. The van der Waals surface area contributed by atoms with E-state index >= 15 is 0 Å². The number of carbonyl (C=O) groups is 1. The van der Waals surface area contributed by atoms with Gasteiger partial charge in [0.2, 0.25) is 11.8 Å². The lowest BCUT2D eigenvalue weighted by molar-refractivity contribution is 0.215. The first-order valence-electron chi connectivity index (χ1n) is 6.99. The van der Waals surface area contributed by atoms with Crippen LogP contribution in [-0.2, 0) is 0 Å². The van der Waals surface area contributed by atoms with Crippen LogP contribution in [0, 0.1) is 0 Å². The van der Waals surface area contributed by atoms with Gasteiger partial charge in [-0.05, 0) is 18.2 Å². The van der Waals surface area contributed by atoms with Crippen LogP contribution in [0.1, 0.15) is 0 Å². The van der Waals surface area contributed by atoms with Gasteiger partial charge in [0.05, 0.1) is 19.0 Å². The van der Waals surface area contributed by atoms with E-state index in [0.717, 1.165) is 0 Å². The highest BCUT2D eigenvalue weighted by Crippen LogP contribution is 2.21. The summed E-state index contributed by atoms with van der Waals surface area (Å²) in [6, 6.07) is 13.3. The molecule has 0 atom stereocenters. The van der Waals surface area contributed by atoms with Crippen molar-refractivity contribution in [2.45, 2.75) is 0 Å². The molecule has 8 nitrogen and oxygen atoms in total. The van der Waals surface area contributed by atoms with E-state index in [2.05, 4.69) is 15.4 Å². The summed E-state index contributed by atoms with van der Waals surface area (Å²) in [4.78, 5) is 16.0. The molecule has 0 fully saturated rings. The number of pyridine rings is 1. The van der Waals surface area contributed by atoms with Crippen molar-refractivity contribution in [3.63, 3.8) is 0 Å². The topological polar surface area (TPSA) is 98.5 Å². The lowest BCUT2D eigenvalue weighted by Gasteiger charge is -2.09. The van der Waals surface area contributed by atoms with Crippen molar-refractivity contribution in [1.82, 2.24) is 14.8 Å². The molecule has 0 unspecified atom stereocenters. The second-order valence-electron chi connectivity index (χ2n) is 4.69. The lowest BCUT2D eigenvalue weighted by Crippen LogP contribution is -2.19. The van der Waals surface area contributed by atoms with Crippen molar-refractivity contribution in [1.29, 1.82) is 0 Å². The molecule has 0 radical (unpaired) electrons. The monoisotopic (exact) mass is 326 g/mol. The first kappa shape index (κ1) is 15.3. The molecule has 3 aromatic rings. The molecule has 1 amide bonds. The van der Waals surface area contributed by atoms with E-state index in [4.69, 9.17) is 9.47 Å².